The molecule has 0 aromatic carbocycles. The fourth-order valence-electron chi connectivity index (χ4n) is 0.580. The predicted octanol–water partition coefficient (Wildman–Crippen LogP) is 3.79. The molecule has 0 aliphatic carbocycles. The third-order valence-corrected chi connectivity index (χ3v) is 5.24. The molecule has 0 amide bonds. The summed E-state index contributed by atoms with van der Waals surface area (Å²) in [7, 11) is 0. The first-order valence-corrected chi connectivity index (χ1v) is 8.33. The summed E-state index contributed by atoms with van der Waals surface area (Å²) < 4.78 is 12.4. The summed E-state index contributed by atoms with van der Waals surface area (Å²) in [5.41, 5.74) is 0. The van der Waals surface area contributed by atoms with E-state index < -0.39 is 12.9 Å². The summed E-state index contributed by atoms with van der Waals surface area (Å²) in [6, 6.07) is 4.97. The molecular weight excluding hydrogens is 297 g/mol. The normalized spacial score (nSPS) is 13.0. The van der Waals surface area contributed by atoms with Crippen LogP contribution < -0.4 is 0 Å². The van der Waals surface area contributed by atoms with Gasteiger partial charge in [0.15, 0.2) is 0 Å². The van der Waals surface area contributed by atoms with Crippen molar-refractivity contribution in [3.63, 3.8) is 0 Å². The van der Waals surface area contributed by atoms with Crippen LogP contribution in [0.5, 0.6) is 0 Å². The van der Waals surface area contributed by atoms with Crippen LogP contribution in [0.1, 0.15) is 0 Å². The fraction of sp³-hybridized carbons (Fsp3) is 0.167. The Balaban J connectivity index is 2.93. The lowest BCUT2D eigenvalue weighted by Crippen LogP contribution is -1.88. The van der Waals surface area contributed by atoms with Crippen LogP contribution in [0.15, 0.2) is 29.4 Å². The maximum Gasteiger partial charge on any atom is 0.143 e. The van der Waals surface area contributed by atoms with Crippen molar-refractivity contribution >= 4 is 36.5 Å². The zero-order chi connectivity index (χ0) is 8.32. The Morgan fingerprint density at radius 3 is 2.64 bits per heavy atom. The van der Waals surface area contributed by atoms with Crippen molar-refractivity contribution in [2.24, 2.45) is 0 Å². The molecule has 0 radical (unpaired) electrons. The molecule has 0 aliphatic heterocycles. The average Bonchev–Trinajstić information content (AvgIpc) is 2.06. The number of hydrogen-bond acceptors (Lipinski definition) is 1. The minimum absolute atomic E-state index is 0.454. The Kier molecular flexibility index (Phi) is 3.33. The van der Waals surface area contributed by atoms with Gasteiger partial charge in [-0.25, -0.2) is 9.37 Å². The highest BCUT2D eigenvalue weighted by atomic mass is 79.9. The first-order chi connectivity index (χ1) is 5.17. The van der Waals surface area contributed by atoms with E-state index in [1.54, 1.807) is 18.3 Å². The number of rotatable bonds is 2. The summed E-state index contributed by atoms with van der Waals surface area (Å²) >= 11 is 6.50. The van der Waals surface area contributed by atoms with Crippen LogP contribution in [0.4, 0.5) is 4.39 Å². The molecule has 11 heavy (non-hydrogen) atoms. The molecule has 0 spiro atoms. The van der Waals surface area contributed by atoms with Gasteiger partial charge >= 0.3 is 0 Å². The molecule has 0 bridgehead atoms. The van der Waals surface area contributed by atoms with Gasteiger partial charge in [0.2, 0.25) is 0 Å². The predicted molar refractivity (Wildman–Crippen MR) is 53.9 cm³/mol. The summed E-state index contributed by atoms with van der Waals surface area (Å²) in [5, 5.41) is 0.725. The monoisotopic (exact) mass is 301 g/mol. The topological polar surface area (TPSA) is 12.9 Å². The van der Waals surface area contributed by atoms with E-state index in [1.165, 1.54) is 0 Å². The van der Waals surface area contributed by atoms with Crippen molar-refractivity contribution < 1.29 is 4.39 Å². The number of hydrogen-bond donors (Lipinski definition) is 0. The van der Waals surface area contributed by atoms with Crippen molar-refractivity contribution in [1.29, 1.82) is 0 Å². The zero-order valence-corrected chi connectivity index (χ0v) is 9.49. The van der Waals surface area contributed by atoms with Crippen LogP contribution in [0.3, 0.4) is 0 Å². The molecule has 1 nitrogen and oxygen atoms in total. The molecule has 0 unspecified atom stereocenters. The molecule has 0 fully saturated rings. The second-order valence-corrected chi connectivity index (χ2v) is 12.9. The maximum absolute atomic E-state index is 12.4. The molecule has 1 rings (SSSR count). The van der Waals surface area contributed by atoms with Crippen LogP contribution in [-0.2, 0) is 0 Å². The highest BCUT2D eigenvalue weighted by molar-refractivity contribution is 9.91. The van der Waals surface area contributed by atoms with E-state index in [9.17, 15) is 4.39 Å². The molecule has 0 saturated carbocycles. The fourth-order valence-corrected chi connectivity index (χ4v) is 2.33. The molecular formula is C6H6Br2FNS. The minimum Gasteiger partial charge on any atom is -0.250 e. The van der Waals surface area contributed by atoms with Gasteiger partial charge in [-0.2, -0.15) is 0 Å². The lowest BCUT2D eigenvalue weighted by atomic mass is 10.5. The van der Waals surface area contributed by atoms with E-state index in [0.717, 1.165) is 5.03 Å². The van der Waals surface area contributed by atoms with Crippen molar-refractivity contribution in [2.75, 3.05) is 6.01 Å². The highest BCUT2D eigenvalue weighted by Gasteiger charge is 2.19. The van der Waals surface area contributed by atoms with Crippen molar-refractivity contribution in [3.05, 3.63) is 24.4 Å². The van der Waals surface area contributed by atoms with Crippen LogP contribution in [0, 0.1) is 0 Å². The van der Waals surface area contributed by atoms with Gasteiger partial charge in [0.05, 0.1) is 0 Å². The van der Waals surface area contributed by atoms with E-state index in [-0.39, 0.29) is 0 Å². The summed E-state index contributed by atoms with van der Waals surface area (Å²) in [4.78, 5) is 4.02. The maximum atomic E-state index is 12.4. The van der Waals surface area contributed by atoms with E-state index in [1.807, 2.05) is 6.07 Å². The van der Waals surface area contributed by atoms with Gasteiger partial charge in [0, 0.05) is 6.20 Å². The van der Waals surface area contributed by atoms with Crippen molar-refractivity contribution in [2.45, 2.75) is 5.03 Å². The van der Waals surface area contributed by atoms with Gasteiger partial charge in [-0.3, -0.25) is 0 Å². The van der Waals surface area contributed by atoms with E-state index in [2.05, 4.69) is 34.6 Å². The number of aromatic nitrogens is 1. The van der Waals surface area contributed by atoms with Crippen LogP contribution in [0.25, 0.3) is 0 Å². The molecule has 0 atom stereocenters. The number of pyridine rings is 1. The summed E-state index contributed by atoms with van der Waals surface area (Å²) in [6.07, 6.45) is 1.65. The molecule has 0 aliphatic rings. The standard InChI is InChI=1S/C6H6Br2FNS/c7-11(8,5-9)6-3-1-2-4-10-6/h1-4H,5H2. The van der Waals surface area contributed by atoms with E-state index >= 15 is 0 Å². The lowest BCUT2D eigenvalue weighted by molar-refractivity contribution is 0.604. The van der Waals surface area contributed by atoms with Crippen molar-refractivity contribution in [1.82, 2.24) is 4.98 Å². The summed E-state index contributed by atoms with van der Waals surface area (Å²) in [5.74, 6) is 0. The SMILES string of the molecule is FCS(Br)(Br)c1ccccn1. The van der Waals surface area contributed by atoms with Gasteiger partial charge in [0.1, 0.15) is 11.0 Å². The largest absolute Gasteiger partial charge is 0.250 e. The van der Waals surface area contributed by atoms with Crippen LogP contribution >= 0.6 is 36.5 Å². The second-order valence-electron chi connectivity index (χ2n) is 1.85. The first kappa shape index (κ1) is 9.48. The molecule has 1 heterocycles. The molecule has 0 saturated heterocycles. The summed E-state index contributed by atoms with van der Waals surface area (Å²) in [6.45, 7) is -1.65. The quantitative estimate of drug-likeness (QED) is 0.810. The Hall–Kier alpha value is 0.390. The highest BCUT2D eigenvalue weighted by Crippen LogP contribution is 2.68. The minimum atomic E-state index is -1.65. The number of halogens is 3. The van der Waals surface area contributed by atoms with E-state index in [0.29, 0.717) is 0 Å². The Morgan fingerprint density at radius 2 is 2.18 bits per heavy atom. The molecule has 1 aromatic heterocycles. The number of alkyl halides is 1. The van der Waals surface area contributed by atoms with Crippen molar-refractivity contribution in [3.8, 4) is 0 Å². The van der Waals surface area contributed by atoms with Gasteiger partial charge < -0.3 is 0 Å². The first-order valence-electron chi connectivity index (χ1n) is 2.84. The third kappa shape index (κ3) is 2.42. The smallest absolute Gasteiger partial charge is 0.143 e. The Morgan fingerprint density at radius 1 is 1.45 bits per heavy atom. The van der Waals surface area contributed by atoms with E-state index in [4.69, 9.17) is 0 Å². The van der Waals surface area contributed by atoms with Crippen LogP contribution in [-0.4, -0.2) is 11.0 Å². The number of nitrogens with zero attached hydrogens (tertiary/aromatic N) is 1. The third-order valence-electron chi connectivity index (χ3n) is 1.08. The van der Waals surface area contributed by atoms with Gasteiger partial charge in [-0.15, -0.1) is 0 Å². The molecule has 62 valence electrons. The van der Waals surface area contributed by atoms with Gasteiger partial charge in [-0.1, -0.05) is 13.0 Å². The van der Waals surface area contributed by atoms with Gasteiger partial charge in [-0.05, 0) is 41.8 Å². The zero-order valence-electron chi connectivity index (χ0n) is 5.51. The molecule has 5 heteroatoms. The Labute approximate surface area is 81.1 Å². The second kappa shape index (κ2) is 3.87. The van der Waals surface area contributed by atoms with Gasteiger partial charge in [0.25, 0.3) is 0 Å². The Bertz CT molecular complexity index is 229. The van der Waals surface area contributed by atoms with Crippen LogP contribution in [0.2, 0.25) is 0 Å². The average molecular weight is 303 g/mol. The lowest BCUT2D eigenvalue weighted by Gasteiger charge is -2.19. The molecule has 0 N–H and O–H groups in total. The molecule has 1 aromatic rings.